The van der Waals surface area contributed by atoms with Crippen LogP contribution in [0.1, 0.15) is 0 Å². The maximum absolute atomic E-state index is 5.17. The van der Waals surface area contributed by atoms with Gasteiger partial charge in [-0.2, -0.15) is 0 Å². The lowest BCUT2D eigenvalue weighted by molar-refractivity contribution is 1.19. The van der Waals surface area contributed by atoms with Crippen LogP contribution in [0.5, 0.6) is 0 Å². The number of hydrogen-bond donors (Lipinski definition) is 0. The molecule has 0 bridgehead atoms. The highest BCUT2D eigenvalue weighted by Crippen LogP contribution is 2.46. The first-order valence-corrected chi connectivity index (χ1v) is 15.3. The Hall–Kier alpha value is -5.38. The molecule has 0 spiro atoms. The van der Waals surface area contributed by atoms with E-state index in [0.29, 0.717) is 0 Å². The van der Waals surface area contributed by atoms with Gasteiger partial charge in [0.2, 0.25) is 0 Å². The van der Waals surface area contributed by atoms with E-state index >= 15 is 0 Å². The smallest absolute Gasteiger partial charge is 0.161 e. The zero-order chi connectivity index (χ0) is 28.3. The summed E-state index contributed by atoms with van der Waals surface area (Å²) in [6.45, 7) is 0. The third kappa shape index (κ3) is 3.79. The summed E-state index contributed by atoms with van der Waals surface area (Å²) in [6.07, 6.45) is 0. The van der Waals surface area contributed by atoms with Crippen LogP contribution in [0, 0.1) is 0 Å². The van der Waals surface area contributed by atoms with Crippen LogP contribution in [-0.2, 0) is 0 Å². The molecule has 3 heteroatoms. The standard InChI is InChI=1S/C40H24N2S/c1-3-12-25(13-4-1)35-24-36(26-14-5-2-6-15-26)42-40(41-35)34-21-11-20-32-33-23-22-31-29-18-8-7-16-27(29)28-17-9-10-19-30(28)37(31)39(33)43-38(32)34/h1-24H. The molecule has 0 aliphatic heterocycles. The molecular formula is C40H24N2S. The monoisotopic (exact) mass is 564 g/mol. The number of hydrogen-bond acceptors (Lipinski definition) is 3. The number of aromatic nitrogens is 2. The van der Waals surface area contributed by atoms with E-state index in [9.17, 15) is 0 Å². The van der Waals surface area contributed by atoms with Crippen molar-refractivity contribution in [1.82, 2.24) is 9.97 Å². The second kappa shape index (κ2) is 9.59. The van der Waals surface area contributed by atoms with Gasteiger partial charge in [-0.05, 0) is 39.1 Å². The van der Waals surface area contributed by atoms with E-state index in [0.717, 1.165) is 33.9 Å². The SMILES string of the molecule is c1ccc(-c2cc(-c3ccccc3)nc(-c3cccc4c3sc3c4ccc4c5ccccc5c5ccccc5c43)n2)cc1. The van der Waals surface area contributed by atoms with Crippen molar-refractivity contribution in [3.63, 3.8) is 0 Å². The Morgan fingerprint density at radius 3 is 1.47 bits per heavy atom. The van der Waals surface area contributed by atoms with Crippen LogP contribution >= 0.6 is 11.3 Å². The fourth-order valence-electron chi connectivity index (χ4n) is 6.50. The summed E-state index contributed by atoms with van der Waals surface area (Å²) in [5.41, 5.74) is 5.07. The third-order valence-electron chi connectivity index (χ3n) is 8.48. The lowest BCUT2D eigenvalue weighted by atomic mass is 9.93. The molecule has 9 aromatic rings. The Kier molecular flexibility index (Phi) is 5.40. The predicted molar refractivity (Wildman–Crippen MR) is 184 cm³/mol. The zero-order valence-corrected chi connectivity index (χ0v) is 24.0. The highest BCUT2D eigenvalue weighted by Gasteiger charge is 2.18. The molecule has 200 valence electrons. The topological polar surface area (TPSA) is 25.8 Å². The Labute approximate surface area is 252 Å². The maximum atomic E-state index is 5.17. The first kappa shape index (κ1) is 24.2. The minimum atomic E-state index is 0.747. The normalized spacial score (nSPS) is 11.7. The summed E-state index contributed by atoms with van der Waals surface area (Å²) >= 11 is 1.86. The molecule has 7 aromatic carbocycles. The molecule has 2 aromatic heterocycles. The van der Waals surface area contributed by atoms with E-state index in [1.165, 1.54) is 52.5 Å². The number of thiophene rings is 1. The lowest BCUT2D eigenvalue weighted by Gasteiger charge is -2.11. The Bertz CT molecular complexity index is 2400. The summed E-state index contributed by atoms with van der Waals surface area (Å²) in [5.74, 6) is 0.747. The second-order valence-electron chi connectivity index (χ2n) is 10.9. The van der Waals surface area contributed by atoms with Gasteiger partial charge in [0.1, 0.15) is 0 Å². The molecule has 0 saturated carbocycles. The predicted octanol–water partition coefficient (Wildman–Crippen LogP) is 11.3. The molecule has 0 aliphatic rings. The quantitative estimate of drug-likeness (QED) is 0.199. The van der Waals surface area contributed by atoms with Gasteiger partial charge in [0.05, 0.1) is 11.4 Å². The molecule has 2 nitrogen and oxygen atoms in total. The van der Waals surface area contributed by atoms with Gasteiger partial charge < -0.3 is 0 Å². The maximum Gasteiger partial charge on any atom is 0.161 e. The molecule has 0 saturated heterocycles. The number of nitrogens with zero attached hydrogens (tertiary/aromatic N) is 2. The molecule has 2 heterocycles. The lowest BCUT2D eigenvalue weighted by Crippen LogP contribution is -1.96. The number of fused-ring (bicyclic) bond motifs is 10. The van der Waals surface area contributed by atoms with E-state index in [-0.39, 0.29) is 0 Å². The zero-order valence-electron chi connectivity index (χ0n) is 23.2. The number of benzene rings is 7. The highest BCUT2D eigenvalue weighted by atomic mass is 32.1. The molecule has 0 N–H and O–H groups in total. The minimum absolute atomic E-state index is 0.747. The van der Waals surface area contributed by atoms with E-state index in [1.807, 2.05) is 23.5 Å². The molecule has 0 radical (unpaired) electrons. The van der Waals surface area contributed by atoms with Crippen molar-refractivity contribution in [2.45, 2.75) is 0 Å². The molecule has 0 amide bonds. The number of rotatable bonds is 3. The van der Waals surface area contributed by atoms with E-state index in [2.05, 4.69) is 133 Å². The van der Waals surface area contributed by atoms with E-state index in [4.69, 9.17) is 9.97 Å². The highest BCUT2D eigenvalue weighted by molar-refractivity contribution is 7.27. The van der Waals surface area contributed by atoms with Crippen LogP contribution in [-0.4, -0.2) is 9.97 Å². The van der Waals surface area contributed by atoms with Crippen LogP contribution < -0.4 is 0 Å². The van der Waals surface area contributed by atoms with Gasteiger partial charge in [-0.3, -0.25) is 0 Å². The molecule has 0 fully saturated rings. The third-order valence-corrected chi connectivity index (χ3v) is 9.75. The van der Waals surface area contributed by atoms with E-state index in [1.54, 1.807) is 0 Å². The van der Waals surface area contributed by atoms with Gasteiger partial charge in [0.25, 0.3) is 0 Å². The second-order valence-corrected chi connectivity index (χ2v) is 12.0. The summed E-state index contributed by atoms with van der Waals surface area (Å²) in [4.78, 5) is 10.3. The van der Waals surface area contributed by atoms with Crippen molar-refractivity contribution in [1.29, 1.82) is 0 Å². The van der Waals surface area contributed by atoms with Crippen molar-refractivity contribution in [3.05, 3.63) is 146 Å². The largest absolute Gasteiger partial charge is 0.228 e. The van der Waals surface area contributed by atoms with Crippen molar-refractivity contribution in [3.8, 4) is 33.9 Å². The average molecular weight is 565 g/mol. The molecule has 0 unspecified atom stereocenters. The van der Waals surface area contributed by atoms with Gasteiger partial charge in [0, 0.05) is 42.2 Å². The fourth-order valence-corrected chi connectivity index (χ4v) is 7.87. The molecule has 9 rings (SSSR count). The van der Waals surface area contributed by atoms with Crippen molar-refractivity contribution in [2.24, 2.45) is 0 Å². The summed E-state index contributed by atoms with van der Waals surface area (Å²) in [6, 6.07) is 51.7. The Morgan fingerprint density at radius 1 is 0.372 bits per heavy atom. The average Bonchev–Trinajstić information content (AvgIpc) is 3.48. The van der Waals surface area contributed by atoms with E-state index < -0.39 is 0 Å². The van der Waals surface area contributed by atoms with Gasteiger partial charge in [-0.25, -0.2) is 9.97 Å². The summed E-state index contributed by atoms with van der Waals surface area (Å²) < 4.78 is 2.52. The summed E-state index contributed by atoms with van der Waals surface area (Å²) in [7, 11) is 0. The Balaban J connectivity index is 1.37. The van der Waals surface area contributed by atoms with Crippen LogP contribution in [0.15, 0.2) is 146 Å². The van der Waals surface area contributed by atoms with Crippen LogP contribution in [0.25, 0.3) is 86.4 Å². The first-order chi connectivity index (χ1) is 21.3. The molecule has 43 heavy (non-hydrogen) atoms. The van der Waals surface area contributed by atoms with Crippen molar-refractivity contribution in [2.75, 3.05) is 0 Å². The summed E-state index contributed by atoms with van der Waals surface area (Å²) in [5, 5.41) is 10.3. The van der Waals surface area contributed by atoms with Gasteiger partial charge in [-0.15, -0.1) is 11.3 Å². The first-order valence-electron chi connectivity index (χ1n) is 14.5. The van der Waals surface area contributed by atoms with Crippen LogP contribution in [0.2, 0.25) is 0 Å². The minimum Gasteiger partial charge on any atom is -0.228 e. The van der Waals surface area contributed by atoms with Crippen molar-refractivity contribution >= 4 is 63.8 Å². The molecular weight excluding hydrogens is 541 g/mol. The van der Waals surface area contributed by atoms with Gasteiger partial charge in [0.15, 0.2) is 5.82 Å². The molecule has 0 aliphatic carbocycles. The fraction of sp³-hybridized carbons (Fsp3) is 0. The van der Waals surface area contributed by atoms with Gasteiger partial charge in [-0.1, -0.05) is 133 Å². The van der Waals surface area contributed by atoms with Gasteiger partial charge >= 0.3 is 0 Å². The van der Waals surface area contributed by atoms with Crippen LogP contribution in [0.3, 0.4) is 0 Å². The van der Waals surface area contributed by atoms with Crippen LogP contribution in [0.4, 0.5) is 0 Å². The van der Waals surface area contributed by atoms with Crippen molar-refractivity contribution < 1.29 is 0 Å². The Morgan fingerprint density at radius 2 is 0.837 bits per heavy atom. The molecule has 0 atom stereocenters.